The average molecular weight is 391 g/mol. The second-order valence-corrected chi connectivity index (χ2v) is 8.13. The first-order chi connectivity index (χ1) is 13.5. The van der Waals surface area contributed by atoms with Crippen LogP contribution in [0.2, 0.25) is 0 Å². The maximum atomic E-state index is 13.1. The number of aryl methyl sites for hydroxylation is 2. The summed E-state index contributed by atoms with van der Waals surface area (Å²) in [6.45, 7) is 6.26. The number of hydrogen-bond acceptors (Lipinski definition) is 6. The molecule has 1 unspecified atom stereocenters. The largest absolute Gasteiger partial charge is 0.361 e. The van der Waals surface area contributed by atoms with E-state index >= 15 is 0 Å². The second-order valence-electron chi connectivity index (χ2n) is 8.13. The molecule has 1 aromatic rings. The van der Waals surface area contributed by atoms with Crippen LogP contribution >= 0.6 is 0 Å². The van der Waals surface area contributed by atoms with E-state index in [4.69, 9.17) is 14.0 Å². The molecule has 0 bridgehead atoms. The van der Waals surface area contributed by atoms with Crippen molar-refractivity contribution in [3.05, 3.63) is 17.0 Å². The van der Waals surface area contributed by atoms with Crippen molar-refractivity contribution in [1.29, 1.82) is 0 Å². The van der Waals surface area contributed by atoms with Gasteiger partial charge in [-0.05, 0) is 33.1 Å². The molecule has 2 amide bonds. The summed E-state index contributed by atoms with van der Waals surface area (Å²) in [7, 11) is 0. The van der Waals surface area contributed by atoms with E-state index in [1.54, 1.807) is 18.7 Å². The lowest BCUT2D eigenvalue weighted by atomic mass is 10.0. The minimum absolute atomic E-state index is 0.121. The molecule has 1 spiro atoms. The van der Waals surface area contributed by atoms with Crippen LogP contribution in [0.15, 0.2) is 4.52 Å². The van der Waals surface area contributed by atoms with Crippen LogP contribution in [0.5, 0.6) is 0 Å². The molecule has 3 fully saturated rings. The van der Waals surface area contributed by atoms with Crippen molar-refractivity contribution >= 4 is 11.8 Å². The lowest BCUT2D eigenvalue weighted by Gasteiger charge is -2.43. The Hall–Kier alpha value is -1.93. The number of aromatic nitrogens is 1. The molecule has 0 N–H and O–H groups in total. The van der Waals surface area contributed by atoms with Gasteiger partial charge in [0.2, 0.25) is 11.7 Å². The van der Waals surface area contributed by atoms with Gasteiger partial charge in [0, 0.05) is 19.0 Å². The fourth-order valence-corrected chi connectivity index (χ4v) is 4.61. The molecule has 8 nitrogen and oxygen atoms in total. The zero-order chi connectivity index (χ0) is 19.7. The van der Waals surface area contributed by atoms with Crippen molar-refractivity contribution in [1.82, 2.24) is 15.0 Å². The fourth-order valence-electron chi connectivity index (χ4n) is 4.61. The molecule has 1 atom stereocenters. The summed E-state index contributed by atoms with van der Waals surface area (Å²) in [5.41, 5.74) is 1.09. The zero-order valence-corrected chi connectivity index (χ0v) is 16.7. The van der Waals surface area contributed by atoms with Crippen LogP contribution in [-0.4, -0.2) is 72.0 Å². The van der Waals surface area contributed by atoms with Crippen LogP contribution in [0.3, 0.4) is 0 Å². The molecule has 2 aliphatic heterocycles. The van der Waals surface area contributed by atoms with Crippen molar-refractivity contribution in [2.45, 2.75) is 51.7 Å². The molecule has 28 heavy (non-hydrogen) atoms. The van der Waals surface area contributed by atoms with E-state index in [9.17, 15) is 9.59 Å². The average Bonchev–Trinajstić information content (AvgIpc) is 3.28. The molecule has 154 valence electrons. The van der Waals surface area contributed by atoms with E-state index < -0.39 is 5.79 Å². The second kappa shape index (κ2) is 7.83. The number of rotatable bonds is 2. The van der Waals surface area contributed by atoms with Crippen LogP contribution in [-0.2, 0) is 14.3 Å². The number of carbonyl (C=O) groups is 2. The van der Waals surface area contributed by atoms with Gasteiger partial charge in [-0.2, -0.15) is 0 Å². The summed E-state index contributed by atoms with van der Waals surface area (Å²) in [5, 5.41) is 3.90. The Kier molecular flexibility index (Phi) is 5.42. The summed E-state index contributed by atoms with van der Waals surface area (Å²) in [6.07, 6.45) is 4.92. The number of ether oxygens (including phenoxy) is 2. The fraction of sp³-hybridized carbons (Fsp3) is 0.750. The minimum atomic E-state index is -0.961. The molecule has 8 heteroatoms. The molecule has 0 aromatic carbocycles. The van der Waals surface area contributed by atoms with Gasteiger partial charge >= 0.3 is 0 Å². The quantitative estimate of drug-likeness (QED) is 0.766. The molecule has 1 saturated carbocycles. The van der Waals surface area contributed by atoms with Crippen molar-refractivity contribution < 1.29 is 23.6 Å². The summed E-state index contributed by atoms with van der Waals surface area (Å²) in [5.74, 6) is -0.233. The normalized spacial score (nSPS) is 26.6. The van der Waals surface area contributed by atoms with Crippen molar-refractivity contribution in [3.8, 4) is 0 Å². The van der Waals surface area contributed by atoms with E-state index in [-0.39, 0.29) is 17.7 Å². The first kappa shape index (κ1) is 19.4. The highest BCUT2D eigenvalue weighted by atomic mass is 16.7. The lowest BCUT2D eigenvalue weighted by molar-refractivity contribution is -0.263. The monoisotopic (exact) mass is 391 g/mol. The first-order valence-corrected chi connectivity index (χ1v) is 10.3. The first-order valence-electron chi connectivity index (χ1n) is 10.3. The summed E-state index contributed by atoms with van der Waals surface area (Å²) in [4.78, 5) is 29.7. The lowest BCUT2D eigenvalue weighted by Crippen LogP contribution is -2.60. The minimum Gasteiger partial charge on any atom is -0.361 e. The predicted octanol–water partition coefficient (Wildman–Crippen LogP) is 1.90. The number of morpholine rings is 1. The van der Waals surface area contributed by atoms with Gasteiger partial charge < -0.3 is 23.8 Å². The highest BCUT2D eigenvalue weighted by Gasteiger charge is 2.44. The van der Waals surface area contributed by atoms with Crippen LogP contribution in [0.4, 0.5) is 0 Å². The third-order valence-electron chi connectivity index (χ3n) is 6.08. The van der Waals surface area contributed by atoms with Crippen molar-refractivity contribution in [3.63, 3.8) is 0 Å². The van der Waals surface area contributed by atoms with Crippen LogP contribution < -0.4 is 0 Å². The molecule has 3 aliphatic rings. The maximum absolute atomic E-state index is 13.1. The van der Waals surface area contributed by atoms with E-state index in [0.29, 0.717) is 56.4 Å². The summed E-state index contributed by atoms with van der Waals surface area (Å²) in [6, 6.07) is 0. The molecule has 1 aliphatic carbocycles. The summed E-state index contributed by atoms with van der Waals surface area (Å²) >= 11 is 0. The highest BCUT2D eigenvalue weighted by Crippen LogP contribution is 2.30. The Morgan fingerprint density at radius 1 is 1.00 bits per heavy atom. The van der Waals surface area contributed by atoms with Gasteiger partial charge in [-0.1, -0.05) is 18.0 Å². The SMILES string of the molecule is Cc1noc(C)c1C(=O)N1CCCOC2(C1)CN(C(=O)C1CCCC1)CCO2. The van der Waals surface area contributed by atoms with Gasteiger partial charge in [0.15, 0.2) is 0 Å². The number of amides is 2. The number of hydrogen-bond donors (Lipinski definition) is 0. The van der Waals surface area contributed by atoms with Crippen LogP contribution in [0.25, 0.3) is 0 Å². The van der Waals surface area contributed by atoms with Crippen LogP contribution in [0, 0.1) is 19.8 Å². The van der Waals surface area contributed by atoms with Crippen LogP contribution in [0.1, 0.15) is 53.9 Å². The van der Waals surface area contributed by atoms with Crippen molar-refractivity contribution in [2.24, 2.45) is 5.92 Å². The molecular weight excluding hydrogens is 362 g/mol. The van der Waals surface area contributed by atoms with E-state index in [1.165, 1.54) is 0 Å². The van der Waals surface area contributed by atoms with Crippen molar-refractivity contribution in [2.75, 3.05) is 39.4 Å². The van der Waals surface area contributed by atoms with Gasteiger partial charge in [0.25, 0.3) is 5.91 Å². The molecule has 1 aromatic heterocycles. The zero-order valence-electron chi connectivity index (χ0n) is 16.7. The van der Waals surface area contributed by atoms with E-state index in [1.807, 2.05) is 4.90 Å². The predicted molar refractivity (Wildman–Crippen MR) is 99.7 cm³/mol. The highest BCUT2D eigenvalue weighted by molar-refractivity contribution is 5.96. The van der Waals surface area contributed by atoms with Gasteiger partial charge in [0.1, 0.15) is 11.3 Å². The maximum Gasteiger partial charge on any atom is 0.259 e. The molecular formula is C20H29N3O5. The smallest absolute Gasteiger partial charge is 0.259 e. The van der Waals surface area contributed by atoms with Gasteiger partial charge in [-0.3, -0.25) is 9.59 Å². The van der Waals surface area contributed by atoms with Gasteiger partial charge in [-0.15, -0.1) is 0 Å². The molecule has 2 saturated heterocycles. The third-order valence-corrected chi connectivity index (χ3v) is 6.08. The van der Waals surface area contributed by atoms with E-state index in [0.717, 1.165) is 32.1 Å². The van der Waals surface area contributed by atoms with Gasteiger partial charge in [0.05, 0.1) is 32.0 Å². The molecule has 3 heterocycles. The summed E-state index contributed by atoms with van der Waals surface area (Å²) < 4.78 is 17.3. The Balaban J connectivity index is 1.51. The molecule has 4 rings (SSSR count). The Morgan fingerprint density at radius 2 is 1.71 bits per heavy atom. The van der Waals surface area contributed by atoms with Gasteiger partial charge in [-0.25, -0.2) is 0 Å². The topological polar surface area (TPSA) is 85.1 Å². The standard InChI is InChI=1S/C20H29N3O5/c1-14-17(15(2)28-21-14)19(25)22-8-5-10-26-20(12-22)13-23(9-11-27-20)18(24)16-6-3-4-7-16/h16H,3-13H2,1-2H3. The Labute approximate surface area is 165 Å². The van der Waals surface area contributed by atoms with E-state index in [2.05, 4.69) is 5.16 Å². The number of nitrogens with zero attached hydrogens (tertiary/aromatic N) is 3. The molecule has 0 radical (unpaired) electrons. The third kappa shape index (κ3) is 3.67. The Bertz CT molecular complexity index is 723. The number of carbonyl (C=O) groups excluding carboxylic acids is 2. The Morgan fingerprint density at radius 3 is 2.43 bits per heavy atom.